The fourth-order valence-electron chi connectivity index (χ4n) is 3.82. The number of furan rings is 1. The van der Waals surface area contributed by atoms with Crippen LogP contribution < -0.4 is 0 Å². The Morgan fingerprint density at radius 2 is 1.94 bits per heavy atom. The van der Waals surface area contributed by atoms with Crippen molar-refractivity contribution < 1.29 is 22.4 Å². The molecule has 0 N–H and O–H groups in total. The largest absolute Gasteiger partial charge is 0.457 e. The van der Waals surface area contributed by atoms with E-state index in [1.54, 1.807) is 30.3 Å². The minimum Gasteiger partial charge on any atom is -0.457 e. The van der Waals surface area contributed by atoms with E-state index in [0.717, 1.165) is 4.90 Å². The van der Waals surface area contributed by atoms with Gasteiger partial charge >= 0.3 is 0 Å². The lowest BCUT2D eigenvalue weighted by Crippen LogP contribution is -2.49. The third-order valence-electron chi connectivity index (χ3n) is 5.46. The molecule has 3 heterocycles. The number of rotatable bonds is 3. The highest BCUT2D eigenvalue weighted by atomic mass is 35.5. The van der Waals surface area contributed by atoms with Crippen molar-refractivity contribution >= 4 is 50.9 Å². The molecule has 2 aromatic rings. The first-order chi connectivity index (χ1) is 15.1. The predicted octanol–water partition coefficient (Wildman–Crippen LogP) is 4.03. The summed E-state index contributed by atoms with van der Waals surface area (Å²) in [5.41, 5.74) is 0.705. The average molecular weight is 491 g/mol. The molecule has 0 bridgehead atoms. The second-order valence-electron chi connectivity index (χ2n) is 7.53. The second kappa shape index (κ2) is 8.24. The van der Waals surface area contributed by atoms with Crippen LogP contribution in [0.2, 0.25) is 10.0 Å². The van der Waals surface area contributed by atoms with Crippen molar-refractivity contribution in [2.24, 2.45) is 0 Å². The first kappa shape index (κ1) is 22.3. The van der Waals surface area contributed by atoms with Crippen molar-refractivity contribution in [3.8, 4) is 17.4 Å². The summed E-state index contributed by atoms with van der Waals surface area (Å²) in [5, 5.41) is 10.4. The molecule has 0 radical (unpaired) electrons. The van der Waals surface area contributed by atoms with Crippen molar-refractivity contribution in [1.29, 1.82) is 5.26 Å². The number of amides is 2. The summed E-state index contributed by atoms with van der Waals surface area (Å²) in [7, 11) is -3.35. The molecule has 1 atom stereocenters. The Bertz CT molecular complexity index is 1360. The minimum absolute atomic E-state index is 0.0913. The van der Waals surface area contributed by atoms with Gasteiger partial charge in [-0.15, -0.1) is 0 Å². The van der Waals surface area contributed by atoms with Crippen LogP contribution in [0.4, 0.5) is 0 Å². The third-order valence-corrected chi connectivity index (χ3v) is 7.75. The van der Waals surface area contributed by atoms with Gasteiger partial charge < -0.3 is 4.42 Å². The van der Waals surface area contributed by atoms with Gasteiger partial charge in [-0.25, -0.2) is 8.42 Å². The van der Waals surface area contributed by atoms with E-state index >= 15 is 0 Å². The zero-order valence-electron chi connectivity index (χ0n) is 16.8. The van der Waals surface area contributed by atoms with Crippen LogP contribution in [0.5, 0.6) is 0 Å². The van der Waals surface area contributed by atoms with Crippen LogP contribution in [0.25, 0.3) is 17.4 Å². The smallest absolute Gasteiger partial charge is 0.271 e. The summed E-state index contributed by atoms with van der Waals surface area (Å²) in [6.45, 7) is 1.50. The van der Waals surface area contributed by atoms with E-state index in [1.807, 2.05) is 6.07 Å². The van der Waals surface area contributed by atoms with Crippen LogP contribution in [0, 0.1) is 11.3 Å². The summed E-state index contributed by atoms with van der Waals surface area (Å²) in [6, 6.07) is 9.28. The lowest BCUT2D eigenvalue weighted by Gasteiger charge is -2.31. The van der Waals surface area contributed by atoms with E-state index in [1.165, 1.54) is 13.0 Å². The number of carbonyl (C=O) groups is 2. The number of sulfone groups is 1. The maximum atomic E-state index is 13.2. The fraction of sp³-hybridized carbons (Fsp3) is 0.227. The molecule has 32 heavy (non-hydrogen) atoms. The Morgan fingerprint density at radius 1 is 1.19 bits per heavy atom. The topological polar surface area (TPSA) is 108 Å². The number of nitriles is 1. The Morgan fingerprint density at radius 3 is 2.56 bits per heavy atom. The van der Waals surface area contributed by atoms with Crippen LogP contribution in [0.15, 0.2) is 51.5 Å². The number of imide groups is 1. The molecule has 164 valence electrons. The van der Waals surface area contributed by atoms with Gasteiger partial charge in [0, 0.05) is 16.2 Å². The summed E-state index contributed by atoms with van der Waals surface area (Å²) in [5.74, 6) is -1.10. The number of nitrogens with zero attached hydrogens (tertiary/aromatic N) is 2. The van der Waals surface area contributed by atoms with Gasteiger partial charge in [0.15, 0.2) is 9.84 Å². The van der Waals surface area contributed by atoms with Crippen LogP contribution in [0.3, 0.4) is 0 Å². The molecule has 2 amide bonds. The first-order valence-corrected chi connectivity index (χ1v) is 12.2. The monoisotopic (exact) mass is 490 g/mol. The van der Waals surface area contributed by atoms with Gasteiger partial charge in [-0.1, -0.05) is 23.2 Å². The normalized spacial score (nSPS) is 22.0. The van der Waals surface area contributed by atoms with Gasteiger partial charge in [0.1, 0.15) is 23.2 Å². The molecule has 7 nitrogen and oxygen atoms in total. The summed E-state index contributed by atoms with van der Waals surface area (Å²) in [4.78, 5) is 26.9. The van der Waals surface area contributed by atoms with Crippen molar-refractivity contribution in [2.45, 2.75) is 19.4 Å². The lowest BCUT2D eigenvalue weighted by atomic mass is 9.93. The molecule has 2 aliphatic rings. The number of hydrogen-bond donors (Lipinski definition) is 0. The first-order valence-electron chi connectivity index (χ1n) is 9.58. The van der Waals surface area contributed by atoms with Crippen LogP contribution in [-0.4, -0.2) is 42.7 Å². The third kappa shape index (κ3) is 3.99. The molecule has 0 spiro atoms. The number of hydrogen-bond acceptors (Lipinski definition) is 6. The van der Waals surface area contributed by atoms with E-state index in [4.69, 9.17) is 27.6 Å². The Labute approximate surface area is 194 Å². The molecule has 1 aromatic carbocycles. The van der Waals surface area contributed by atoms with E-state index < -0.39 is 27.7 Å². The highest BCUT2D eigenvalue weighted by Crippen LogP contribution is 2.34. The maximum Gasteiger partial charge on any atom is 0.271 e. The standard InChI is InChI=1S/C22H16Cl2N2O5S/c1-12-17(9-15-3-5-20(31-15)16-4-2-13(23)8-19(16)24)21(27)26(22(28)18(12)10-25)14-6-7-32(29,30)11-14/h2-5,8-9,14H,6-7,11H2,1H3/b17-9-/t14-/m0/s1. The van der Waals surface area contributed by atoms with Gasteiger partial charge in [0.2, 0.25) is 0 Å². The van der Waals surface area contributed by atoms with E-state index in [2.05, 4.69) is 0 Å². The Hall–Kier alpha value is -2.86. The SMILES string of the molecule is CC1=C(C#N)C(=O)N([C@H]2CCS(=O)(=O)C2)C(=O)/C1=C\c1ccc(-c2ccc(Cl)cc2Cl)o1. The molecule has 1 fully saturated rings. The number of halogens is 2. The van der Waals surface area contributed by atoms with Crippen molar-refractivity contribution in [3.05, 3.63) is 62.9 Å². The number of carbonyl (C=O) groups excluding carboxylic acids is 2. The minimum atomic E-state index is -3.35. The molecular formula is C22H16Cl2N2O5S. The van der Waals surface area contributed by atoms with Crippen molar-refractivity contribution in [1.82, 2.24) is 4.90 Å². The zero-order valence-corrected chi connectivity index (χ0v) is 19.1. The van der Waals surface area contributed by atoms with Gasteiger partial charge in [0.25, 0.3) is 11.8 Å². The molecule has 0 aliphatic carbocycles. The fourth-order valence-corrected chi connectivity index (χ4v) is 6.02. The molecule has 10 heteroatoms. The Balaban J connectivity index is 1.74. The molecular weight excluding hydrogens is 475 g/mol. The van der Waals surface area contributed by atoms with E-state index in [9.17, 15) is 23.3 Å². The predicted molar refractivity (Wildman–Crippen MR) is 119 cm³/mol. The van der Waals surface area contributed by atoms with Crippen LogP contribution >= 0.6 is 23.2 Å². The van der Waals surface area contributed by atoms with Gasteiger partial charge in [0.05, 0.1) is 22.6 Å². The van der Waals surface area contributed by atoms with E-state index in [0.29, 0.717) is 27.1 Å². The summed E-state index contributed by atoms with van der Waals surface area (Å²) in [6.07, 6.45) is 1.58. The quantitative estimate of drug-likeness (QED) is 0.474. The van der Waals surface area contributed by atoms with Gasteiger partial charge in [-0.05, 0) is 55.3 Å². The maximum absolute atomic E-state index is 13.2. The highest BCUT2D eigenvalue weighted by molar-refractivity contribution is 7.91. The molecule has 2 aliphatic heterocycles. The van der Waals surface area contributed by atoms with Gasteiger partial charge in [-0.2, -0.15) is 5.26 Å². The van der Waals surface area contributed by atoms with Crippen molar-refractivity contribution in [2.75, 3.05) is 11.5 Å². The summed E-state index contributed by atoms with van der Waals surface area (Å²) >= 11 is 12.2. The molecule has 4 rings (SSSR count). The molecule has 0 unspecified atom stereocenters. The van der Waals surface area contributed by atoms with E-state index in [-0.39, 0.29) is 34.6 Å². The molecule has 1 aromatic heterocycles. The van der Waals surface area contributed by atoms with Crippen LogP contribution in [-0.2, 0) is 19.4 Å². The Kier molecular flexibility index (Phi) is 5.76. The second-order valence-corrected chi connectivity index (χ2v) is 10.6. The van der Waals surface area contributed by atoms with Crippen LogP contribution in [0.1, 0.15) is 19.1 Å². The molecule has 0 saturated carbocycles. The summed E-state index contributed by atoms with van der Waals surface area (Å²) < 4.78 is 29.6. The lowest BCUT2D eigenvalue weighted by molar-refractivity contribution is -0.142. The highest BCUT2D eigenvalue weighted by Gasteiger charge is 2.43. The van der Waals surface area contributed by atoms with Crippen molar-refractivity contribution in [3.63, 3.8) is 0 Å². The average Bonchev–Trinajstić information content (AvgIpc) is 3.32. The molecule has 1 saturated heterocycles. The van der Waals surface area contributed by atoms with Gasteiger partial charge in [-0.3, -0.25) is 14.5 Å². The zero-order chi connectivity index (χ0) is 23.2. The number of benzene rings is 1.